The smallest absolute Gasteiger partial charge is 0.321 e. The first-order valence-electron chi connectivity index (χ1n) is 4.59. The Morgan fingerprint density at radius 3 is 3.07 bits per heavy atom. The first-order chi connectivity index (χ1) is 7.22. The maximum Gasteiger partial charge on any atom is 0.321 e. The van der Waals surface area contributed by atoms with E-state index < -0.39 is 6.03 Å². The monoisotopic (exact) mass is 210 g/mol. The highest BCUT2D eigenvalue weighted by Gasteiger charge is 2.02. The van der Waals surface area contributed by atoms with E-state index in [1.807, 2.05) is 6.92 Å². The molecule has 0 aromatic carbocycles. The maximum absolute atomic E-state index is 11.2. The van der Waals surface area contributed by atoms with E-state index in [2.05, 4.69) is 15.6 Å². The lowest BCUT2D eigenvalue weighted by molar-refractivity contribution is 0.244. The SMILES string of the molecule is CCN=C(N)NC(=O)NCc1ccco1. The zero-order chi connectivity index (χ0) is 11.1. The fourth-order valence-electron chi connectivity index (χ4n) is 0.951. The quantitative estimate of drug-likeness (QED) is 0.498. The molecule has 0 saturated carbocycles. The van der Waals surface area contributed by atoms with E-state index in [1.54, 1.807) is 18.4 Å². The molecule has 1 heterocycles. The van der Waals surface area contributed by atoms with Crippen LogP contribution in [0.4, 0.5) is 4.79 Å². The molecule has 0 atom stereocenters. The minimum atomic E-state index is -0.402. The highest BCUT2D eigenvalue weighted by atomic mass is 16.3. The Bertz CT molecular complexity index is 332. The first-order valence-corrected chi connectivity index (χ1v) is 4.59. The number of nitrogens with two attached hydrogens (primary N) is 1. The molecular formula is C9H14N4O2. The third-order valence-corrected chi connectivity index (χ3v) is 1.57. The van der Waals surface area contributed by atoms with Gasteiger partial charge in [-0.25, -0.2) is 4.79 Å². The predicted molar refractivity (Wildman–Crippen MR) is 56.2 cm³/mol. The van der Waals surface area contributed by atoms with Crippen molar-refractivity contribution < 1.29 is 9.21 Å². The minimum Gasteiger partial charge on any atom is -0.467 e. The Morgan fingerprint density at radius 1 is 1.67 bits per heavy atom. The lowest BCUT2D eigenvalue weighted by atomic mass is 10.4. The second kappa shape index (κ2) is 5.69. The maximum atomic E-state index is 11.2. The van der Waals surface area contributed by atoms with Crippen LogP contribution in [0.1, 0.15) is 12.7 Å². The number of guanidine groups is 1. The highest BCUT2D eigenvalue weighted by molar-refractivity contribution is 5.95. The van der Waals surface area contributed by atoms with Gasteiger partial charge in [-0.05, 0) is 19.1 Å². The standard InChI is InChI=1S/C9H14N4O2/c1-2-11-8(10)13-9(14)12-6-7-4-3-5-15-7/h3-5H,2,6H2,1H3,(H4,10,11,12,13,14). The van der Waals surface area contributed by atoms with Crippen molar-refractivity contribution in [1.82, 2.24) is 10.6 Å². The van der Waals surface area contributed by atoms with Gasteiger partial charge in [0.2, 0.25) is 0 Å². The van der Waals surface area contributed by atoms with Crippen LogP contribution in [0.25, 0.3) is 0 Å². The first kappa shape index (κ1) is 11.1. The predicted octanol–water partition coefficient (Wildman–Crippen LogP) is 0.413. The molecule has 6 nitrogen and oxygen atoms in total. The molecule has 0 spiro atoms. The molecule has 0 radical (unpaired) electrons. The van der Waals surface area contributed by atoms with Crippen LogP contribution in [0.15, 0.2) is 27.8 Å². The largest absolute Gasteiger partial charge is 0.467 e. The molecule has 6 heteroatoms. The van der Waals surface area contributed by atoms with Crippen LogP contribution in [0.5, 0.6) is 0 Å². The van der Waals surface area contributed by atoms with Crippen molar-refractivity contribution in [3.05, 3.63) is 24.2 Å². The molecule has 0 unspecified atom stereocenters. The zero-order valence-electron chi connectivity index (χ0n) is 8.49. The molecule has 0 saturated heterocycles. The Hall–Kier alpha value is -1.98. The Kier molecular flexibility index (Phi) is 4.21. The zero-order valence-corrected chi connectivity index (χ0v) is 8.49. The average Bonchev–Trinajstić information content (AvgIpc) is 2.67. The lowest BCUT2D eigenvalue weighted by Gasteiger charge is -2.04. The number of nitrogens with one attached hydrogen (secondary N) is 2. The van der Waals surface area contributed by atoms with Crippen molar-refractivity contribution in [2.75, 3.05) is 6.54 Å². The van der Waals surface area contributed by atoms with Gasteiger partial charge >= 0.3 is 6.03 Å². The fourth-order valence-corrected chi connectivity index (χ4v) is 0.951. The second-order valence-electron chi connectivity index (χ2n) is 2.75. The number of amides is 2. The molecular weight excluding hydrogens is 196 g/mol. The number of aliphatic imine (C=N–C) groups is 1. The number of rotatable bonds is 3. The topological polar surface area (TPSA) is 92.6 Å². The molecule has 15 heavy (non-hydrogen) atoms. The average molecular weight is 210 g/mol. The Balaban J connectivity index is 2.28. The van der Waals surface area contributed by atoms with Crippen LogP contribution in [0.3, 0.4) is 0 Å². The number of hydrogen-bond donors (Lipinski definition) is 3. The van der Waals surface area contributed by atoms with E-state index in [-0.39, 0.29) is 5.96 Å². The van der Waals surface area contributed by atoms with Crippen LogP contribution in [-0.4, -0.2) is 18.5 Å². The third kappa shape index (κ3) is 4.17. The molecule has 0 bridgehead atoms. The Labute approximate surface area is 87.5 Å². The van der Waals surface area contributed by atoms with Crippen LogP contribution >= 0.6 is 0 Å². The number of carbonyl (C=O) groups excluding carboxylic acids is 1. The van der Waals surface area contributed by atoms with E-state index in [9.17, 15) is 4.79 Å². The molecule has 2 amide bonds. The number of furan rings is 1. The molecule has 82 valence electrons. The van der Waals surface area contributed by atoms with Gasteiger partial charge in [0.1, 0.15) is 5.76 Å². The molecule has 4 N–H and O–H groups in total. The van der Waals surface area contributed by atoms with Gasteiger partial charge in [-0.15, -0.1) is 0 Å². The van der Waals surface area contributed by atoms with Crippen molar-refractivity contribution in [3.63, 3.8) is 0 Å². The van der Waals surface area contributed by atoms with Crippen LogP contribution in [0.2, 0.25) is 0 Å². The van der Waals surface area contributed by atoms with Crippen molar-refractivity contribution in [2.24, 2.45) is 10.7 Å². The fraction of sp³-hybridized carbons (Fsp3) is 0.333. The van der Waals surface area contributed by atoms with E-state index in [0.717, 1.165) is 0 Å². The van der Waals surface area contributed by atoms with Crippen LogP contribution < -0.4 is 16.4 Å². The van der Waals surface area contributed by atoms with Crippen molar-refractivity contribution in [3.8, 4) is 0 Å². The summed E-state index contributed by atoms with van der Waals surface area (Å²) in [5.74, 6) is 0.783. The van der Waals surface area contributed by atoms with Crippen molar-refractivity contribution in [2.45, 2.75) is 13.5 Å². The van der Waals surface area contributed by atoms with Gasteiger partial charge in [0.25, 0.3) is 0 Å². The number of hydrogen-bond acceptors (Lipinski definition) is 3. The normalized spacial score (nSPS) is 11.1. The molecule has 0 fully saturated rings. The summed E-state index contributed by atoms with van der Waals surface area (Å²) < 4.78 is 5.03. The van der Waals surface area contributed by atoms with Gasteiger partial charge in [0.15, 0.2) is 5.96 Å². The van der Waals surface area contributed by atoms with E-state index in [1.165, 1.54) is 0 Å². The molecule has 1 aromatic heterocycles. The number of urea groups is 1. The molecule has 1 aromatic rings. The van der Waals surface area contributed by atoms with Gasteiger partial charge < -0.3 is 15.5 Å². The van der Waals surface area contributed by atoms with E-state index in [4.69, 9.17) is 10.2 Å². The molecule has 0 aliphatic carbocycles. The number of nitrogens with zero attached hydrogens (tertiary/aromatic N) is 1. The summed E-state index contributed by atoms with van der Waals surface area (Å²) in [6.07, 6.45) is 1.54. The minimum absolute atomic E-state index is 0.106. The van der Waals surface area contributed by atoms with Gasteiger partial charge in [0, 0.05) is 6.54 Å². The van der Waals surface area contributed by atoms with Crippen LogP contribution in [-0.2, 0) is 6.54 Å². The van der Waals surface area contributed by atoms with Gasteiger partial charge in [-0.3, -0.25) is 10.3 Å². The van der Waals surface area contributed by atoms with Gasteiger partial charge in [0.05, 0.1) is 12.8 Å². The summed E-state index contributed by atoms with van der Waals surface area (Å²) in [5, 5.41) is 4.95. The molecule has 0 aliphatic heterocycles. The summed E-state index contributed by atoms with van der Waals surface area (Å²) in [6, 6.07) is 3.12. The number of carbonyl (C=O) groups is 1. The third-order valence-electron chi connectivity index (χ3n) is 1.57. The van der Waals surface area contributed by atoms with E-state index >= 15 is 0 Å². The summed E-state index contributed by atoms with van der Waals surface area (Å²) >= 11 is 0. The van der Waals surface area contributed by atoms with Crippen molar-refractivity contribution in [1.29, 1.82) is 0 Å². The highest BCUT2D eigenvalue weighted by Crippen LogP contribution is 1.97. The summed E-state index contributed by atoms with van der Waals surface area (Å²) in [6.45, 7) is 2.68. The van der Waals surface area contributed by atoms with Gasteiger partial charge in [-0.1, -0.05) is 0 Å². The van der Waals surface area contributed by atoms with Gasteiger partial charge in [-0.2, -0.15) is 0 Å². The second-order valence-corrected chi connectivity index (χ2v) is 2.75. The molecule has 1 rings (SSSR count). The lowest BCUT2D eigenvalue weighted by Crippen LogP contribution is -2.43. The Morgan fingerprint density at radius 2 is 2.47 bits per heavy atom. The summed E-state index contributed by atoms with van der Waals surface area (Å²) in [4.78, 5) is 15.0. The molecule has 0 aliphatic rings. The summed E-state index contributed by atoms with van der Waals surface area (Å²) in [5.41, 5.74) is 5.39. The summed E-state index contributed by atoms with van der Waals surface area (Å²) in [7, 11) is 0. The van der Waals surface area contributed by atoms with E-state index in [0.29, 0.717) is 18.8 Å². The van der Waals surface area contributed by atoms with Crippen LogP contribution in [0, 0.1) is 0 Å². The van der Waals surface area contributed by atoms with Crippen molar-refractivity contribution >= 4 is 12.0 Å².